The van der Waals surface area contributed by atoms with Gasteiger partial charge in [0.2, 0.25) is 5.91 Å². The van der Waals surface area contributed by atoms with Crippen LogP contribution in [0.1, 0.15) is 51.7 Å². The van der Waals surface area contributed by atoms with Gasteiger partial charge in [-0.25, -0.2) is 4.79 Å². The van der Waals surface area contributed by atoms with Crippen LogP contribution in [0.3, 0.4) is 0 Å². The third-order valence-corrected chi connectivity index (χ3v) is 7.37. The van der Waals surface area contributed by atoms with Crippen molar-refractivity contribution in [1.82, 2.24) is 4.90 Å². The van der Waals surface area contributed by atoms with Crippen molar-refractivity contribution in [2.24, 2.45) is 0 Å². The van der Waals surface area contributed by atoms with Crippen LogP contribution in [-0.4, -0.2) is 36.5 Å². The van der Waals surface area contributed by atoms with E-state index in [0.717, 1.165) is 47.6 Å². The number of likely N-dealkylation sites (N-methyl/N-ethyl adjacent to an activating group) is 1. The number of nitrogens with one attached hydrogen (secondary N) is 1. The molecule has 0 radical (unpaired) electrons. The summed E-state index contributed by atoms with van der Waals surface area (Å²) in [5, 5.41) is 3.67. The summed E-state index contributed by atoms with van der Waals surface area (Å²) in [7, 11) is 0. The third-order valence-electron chi connectivity index (χ3n) is 6.24. The van der Waals surface area contributed by atoms with Gasteiger partial charge in [-0.1, -0.05) is 43.3 Å². The van der Waals surface area contributed by atoms with E-state index in [-0.39, 0.29) is 11.9 Å². The lowest BCUT2D eigenvalue weighted by Gasteiger charge is -2.27. The average Bonchev–Trinajstić information content (AvgIpc) is 3.19. The number of anilines is 1. The number of nitrogens with zero attached hydrogens (tertiary/aromatic N) is 1. The van der Waals surface area contributed by atoms with Crippen molar-refractivity contribution in [2.45, 2.75) is 32.7 Å². The maximum Gasteiger partial charge on any atom is 0.341 e. The Kier molecular flexibility index (Phi) is 5.91. The molecule has 0 unspecified atom stereocenters. The summed E-state index contributed by atoms with van der Waals surface area (Å²) in [6, 6.07) is 15.2. The Morgan fingerprint density at radius 1 is 1.09 bits per heavy atom. The average molecular weight is 463 g/mol. The van der Waals surface area contributed by atoms with E-state index >= 15 is 0 Å². The highest BCUT2D eigenvalue weighted by atomic mass is 32.1. The summed E-state index contributed by atoms with van der Waals surface area (Å²) in [4.78, 5) is 30.1. The van der Waals surface area contributed by atoms with E-state index in [1.165, 1.54) is 11.3 Å². The van der Waals surface area contributed by atoms with Gasteiger partial charge in [0.25, 0.3) is 0 Å². The Bertz CT molecular complexity index is 1170. The summed E-state index contributed by atoms with van der Waals surface area (Å²) in [6.45, 7) is 6.84. The maximum atomic E-state index is 13.7. The molecule has 5 rings (SSSR count). The molecule has 6 nitrogen and oxygen atoms in total. The predicted octanol–water partition coefficient (Wildman–Crippen LogP) is 5.18. The zero-order valence-electron chi connectivity index (χ0n) is 18.7. The number of ether oxygens (including phenoxy) is 2. The van der Waals surface area contributed by atoms with E-state index in [2.05, 4.69) is 17.1 Å². The van der Waals surface area contributed by atoms with Crippen LogP contribution in [0.25, 0.3) is 0 Å². The van der Waals surface area contributed by atoms with Crippen molar-refractivity contribution in [1.29, 1.82) is 0 Å². The fourth-order valence-corrected chi connectivity index (χ4v) is 5.89. The molecule has 0 spiro atoms. The number of hydrogen-bond acceptors (Lipinski definition) is 6. The number of hydrogen-bond donors (Lipinski definition) is 1. The van der Waals surface area contributed by atoms with Crippen molar-refractivity contribution >= 4 is 28.2 Å². The summed E-state index contributed by atoms with van der Waals surface area (Å²) >= 11 is 1.48. The molecule has 1 aromatic heterocycles. The summed E-state index contributed by atoms with van der Waals surface area (Å²) in [6.07, 6.45) is 0.770. The second-order valence-corrected chi connectivity index (χ2v) is 9.25. The van der Waals surface area contributed by atoms with Gasteiger partial charge >= 0.3 is 5.97 Å². The second kappa shape index (κ2) is 9.00. The molecule has 0 bridgehead atoms. The third kappa shape index (κ3) is 3.92. The van der Waals surface area contributed by atoms with Crippen LogP contribution in [0.15, 0.2) is 48.5 Å². The minimum atomic E-state index is -0.535. The minimum absolute atomic E-state index is 0.185. The molecule has 0 aliphatic carbocycles. The topological polar surface area (TPSA) is 67.9 Å². The number of fused-ring (bicyclic) bond motifs is 3. The summed E-state index contributed by atoms with van der Waals surface area (Å²) in [5.74, 6) is 0.252. The number of carbonyl (C=O) groups is 2. The van der Waals surface area contributed by atoms with Gasteiger partial charge in [-0.05, 0) is 37.6 Å². The first-order chi connectivity index (χ1) is 16.1. The molecule has 33 heavy (non-hydrogen) atoms. The van der Waals surface area contributed by atoms with Gasteiger partial charge in [-0.3, -0.25) is 9.69 Å². The number of benzene rings is 2. The number of carbonyl (C=O) groups excluding carboxylic acids is 2. The lowest BCUT2D eigenvalue weighted by atomic mass is 9.87. The maximum absolute atomic E-state index is 13.7. The Balaban J connectivity index is 1.54. The molecule has 0 saturated carbocycles. The summed E-state index contributed by atoms with van der Waals surface area (Å²) < 4.78 is 11.4. The molecular weight excluding hydrogens is 436 g/mol. The van der Waals surface area contributed by atoms with Gasteiger partial charge in [-0.15, -0.1) is 11.3 Å². The molecule has 0 fully saturated rings. The van der Waals surface area contributed by atoms with E-state index in [4.69, 9.17) is 9.47 Å². The van der Waals surface area contributed by atoms with E-state index in [0.29, 0.717) is 28.7 Å². The molecule has 2 aromatic carbocycles. The SMILES string of the molecule is CCOC(=O)c1c(NC(=O)C2c3ccccc3Oc3ccccc32)sc2c1CCN(CC)C2. The molecule has 1 amide bonds. The van der Waals surface area contributed by atoms with Gasteiger partial charge in [0, 0.05) is 29.1 Å². The van der Waals surface area contributed by atoms with Crippen molar-refractivity contribution in [3.8, 4) is 11.5 Å². The van der Waals surface area contributed by atoms with Crippen LogP contribution in [0, 0.1) is 0 Å². The van der Waals surface area contributed by atoms with Gasteiger partial charge in [0.15, 0.2) is 0 Å². The first kappa shape index (κ1) is 21.7. The number of thiophene rings is 1. The molecular formula is C26H26N2O4S. The van der Waals surface area contributed by atoms with Crippen molar-refractivity contribution in [3.05, 3.63) is 75.7 Å². The van der Waals surface area contributed by atoms with E-state index in [1.54, 1.807) is 6.92 Å². The highest BCUT2D eigenvalue weighted by Crippen LogP contribution is 2.45. The zero-order chi connectivity index (χ0) is 22.9. The Labute approximate surface area is 197 Å². The lowest BCUT2D eigenvalue weighted by Crippen LogP contribution is -2.30. The van der Waals surface area contributed by atoms with Gasteiger partial charge in [0.05, 0.1) is 18.1 Å². The zero-order valence-corrected chi connectivity index (χ0v) is 19.5. The fourth-order valence-electron chi connectivity index (χ4n) is 4.61. The number of para-hydroxylation sites is 2. The van der Waals surface area contributed by atoms with Crippen LogP contribution in [0.4, 0.5) is 5.00 Å². The number of amides is 1. The van der Waals surface area contributed by atoms with E-state index < -0.39 is 5.92 Å². The molecule has 2 aliphatic rings. The number of rotatable bonds is 5. The highest BCUT2D eigenvalue weighted by Gasteiger charge is 2.35. The van der Waals surface area contributed by atoms with Gasteiger partial charge in [0.1, 0.15) is 16.5 Å². The number of esters is 1. The molecule has 7 heteroatoms. The van der Waals surface area contributed by atoms with Crippen LogP contribution >= 0.6 is 11.3 Å². The first-order valence-corrected chi connectivity index (χ1v) is 12.1. The van der Waals surface area contributed by atoms with Crippen LogP contribution in [-0.2, 0) is 22.5 Å². The van der Waals surface area contributed by atoms with E-state index in [1.807, 2.05) is 48.5 Å². The molecule has 3 aromatic rings. The second-order valence-electron chi connectivity index (χ2n) is 8.15. The smallest absolute Gasteiger partial charge is 0.341 e. The molecule has 1 N–H and O–H groups in total. The molecule has 0 atom stereocenters. The quantitative estimate of drug-likeness (QED) is 0.529. The van der Waals surface area contributed by atoms with Crippen LogP contribution in [0.2, 0.25) is 0 Å². The molecule has 170 valence electrons. The Hall–Kier alpha value is -3.16. The van der Waals surface area contributed by atoms with Crippen LogP contribution < -0.4 is 10.1 Å². The van der Waals surface area contributed by atoms with Gasteiger partial charge in [-0.2, -0.15) is 0 Å². The highest BCUT2D eigenvalue weighted by molar-refractivity contribution is 7.17. The predicted molar refractivity (Wildman–Crippen MR) is 128 cm³/mol. The van der Waals surface area contributed by atoms with Crippen molar-refractivity contribution < 1.29 is 19.1 Å². The van der Waals surface area contributed by atoms with Gasteiger partial charge < -0.3 is 14.8 Å². The molecule has 0 saturated heterocycles. The van der Waals surface area contributed by atoms with Crippen molar-refractivity contribution in [2.75, 3.05) is 25.0 Å². The fraction of sp³-hybridized carbons (Fsp3) is 0.308. The Morgan fingerprint density at radius 2 is 1.76 bits per heavy atom. The van der Waals surface area contributed by atoms with Crippen molar-refractivity contribution in [3.63, 3.8) is 0 Å². The normalized spacial score (nSPS) is 15.1. The standard InChI is InChI=1S/C26H26N2O4S/c1-3-28-14-13-18-21(15-28)33-25(23(18)26(30)31-4-2)27-24(29)22-16-9-5-7-11-19(16)32-20-12-8-6-10-17(20)22/h5-12,22H,3-4,13-15H2,1-2H3,(H,27,29). The largest absolute Gasteiger partial charge is 0.462 e. The molecule has 3 heterocycles. The van der Waals surface area contributed by atoms with E-state index in [9.17, 15) is 9.59 Å². The molecule has 2 aliphatic heterocycles. The Morgan fingerprint density at radius 3 is 2.39 bits per heavy atom. The van der Waals surface area contributed by atoms with Crippen LogP contribution in [0.5, 0.6) is 11.5 Å². The minimum Gasteiger partial charge on any atom is -0.462 e. The first-order valence-electron chi connectivity index (χ1n) is 11.3. The lowest BCUT2D eigenvalue weighted by molar-refractivity contribution is -0.116. The monoisotopic (exact) mass is 462 g/mol. The summed E-state index contributed by atoms with van der Waals surface area (Å²) in [5.41, 5.74) is 3.13.